The molecule has 1 saturated carbocycles. The number of nitrogens with one attached hydrogen (secondary N) is 1. The van der Waals surface area contributed by atoms with Gasteiger partial charge in [0.2, 0.25) is 5.91 Å². The summed E-state index contributed by atoms with van der Waals surface area (Å²) in [5.74, 6) is 2.48. The predicted molar refractivity (Wildman–Crippen MR) is 139 cm³/mol. The zero-order valence-corrected chi connectivity index (χ0v) is 20.9. The zero-order valence-electron chi connectivity index (χ0n) is 20.9. The van der Waals surface area contributed by atoms with Crippen LogP contribution in [-0.4, -0.2) is 45.2 Å². The van der Waals surface area contributed by atoms with Gasteiger partial charge in [-0.1, -0.05) is 61.7 Å². The second-order valence-corrected chi connectivity index (χ2v) is 10.1. The van der Waals surface area contributed by atoms with Gasteiger partial charge in [0.25, 0.3) is 0 Å². The first-order valence-electron chi connectivity index (χ1n) is 13.2. The van der Waals surface area contributed by atoms with Crippen molar-refractivity contribution in [3.8, 4) is 11.1 Å². The van der Waals surface area contributed by atoms with Crippen molar-refractivity contribution in [3.05, 3.63) is 71.3 Å². The molecule has 6 nitrogen and oxygen atoms in total. The number of carbonyl (C=O) groups excluding carboxylic acids is 1. The van der Waals surface area contributed by atoms with Crippen LogP contribution in [0.2, 0.25) is 0 Å². The molecule has 2 aromatic carbocycles. The highest BCUT2D eigenvalue weighted by Gasteiger charge is 2.22. The van der Waals surface area contributed by atoms with Crippen LogP contribution in [0.1, 0.15) is 54.9 Å². The van der Waals surface area contributed by atoms with E-state index in [2.05, 4.69) is 80.4 Å². The first-order chi connectivity index (χ1) is 17.2. The number of benzene rings is 2. The monoisotopic (exact) mass is 471 g/mol. The Balaban J connectivity index is 1.16. The second kappa shape index (κ2) is 11.2. The van der Waals surface area contributed by atoms with Crippen LogP contribution in [0.25, 0.3) is 11.1 Å². The van der Waals surface area contributed by atoms with E-state index in [1.165, 1.54) is 41.5 Å². The molecule has 1 amide bonds. The van der Waals surface area contributed by atoms with E-state index in [0.717, 1.165) is 63.5 Å². The first-order valence-corrected chi connectivity index (χ1v) is 13.2. The molecule has 3 aromatic rings. The molecular formula is C29H37N5O. The average Bonchev–Trinajstić information content (AvgIpc) is 3.16. The van der Waals surface area contributed by atoms with E-state index >= 15 is 0 Å². The highest BCUT2D eigenvalue weighted by atomic mass is 16.1. The highest BCUT2D eigenvalue weighted by molar-refractivity contribution is 5.78. The Bertz CT molecular complexity index is 1150. The Morgan fingerprint density at radius 1 is 1.00 bits per heavy atom. The maximum Gasteiger partial charge on any atom is 0.223 e. The van der Waals surface area contributed by atoms with Gasteiger partial charge in [-0.15, -0.1) is 10.2 Å². The topological polar surface area (TPSA) is 63.1 Å². The summed E-state index contributed by atoms with van der Waals surface area (Å²) in [6.45, 7) is 6.59. The van der Waals surface area contributed by atoms with Gasteiger partial charge >= 0.3 is 0 Å². The summed E-state index contributed by atoms with van der Waals surface area (Å²) in [6.07, 6.45) is 7.35. The molecule has 1 fully saturated rings. The van der Waals surface area contributed by atoms with Gasteiger partial charge in [0, 0.05) is 51.5 Å². The van der Waals surface area contributed by atoms with Crippen molar-refractivity contribution in [1.82, 2.24) is 25.0 Å². The smallest absolute Gasteiger partial charge is 0.223 e. The fourth-order valence-electron chi connectivity index (χ4n) is 5.57. The predicted octanol–water partition coefficient (Wildman–Crippen LogP) is 4.55. The van der Waals surface area contributed by atoms with Gasteiger partial charge in [-0.25, -0.2) is 0 Å². The van der Waals surface area contributed by atoms with E-state index in [0.29, 0.717) is 6.54 Å². The number of rotatable bonds is 7. The molecule has 1 aromatic heterocycles. The van der Waals surface area contributed by atoms with E-state index in [1.54, 1.807) is 0 Å². The molecule has 1 aliphatic carbocycles. The SMILES string of the molecule is Cc1ccccc1-c1cccc(CN2CCc3nnc(CCNC(=O)C4CCCCC4)n3CC2)c1. The van der Waals surface area contributed by atoms with Crippen molar-refractivity contribution >= 4 is 5.91 Å². The van der Waals surface area contributed by atoms with Crippen LogP contribution in [-0.2, 0) is 30.7 Å². The summed E-state index contributed by atoms with van der Waals surface area (Å²) in [5.41, 5.74) is 5.23. The molecule has 6 heteroatoms. The Morgan fingerprint density at radius 3 is 2.71 bits per heavy atom. The maximum absolute atomic E-state index is 12.5. The molecular weight excluding hydrogens is 434 g/mol. The van der Waals surface area contributed by atoms with Gasteiger partial charge in [-0.3, -0.25) is 9.69 Å². The molecule has 1 aliphatic heterocycles. The molecule has 5 rings (SSSR count). The second-order valence-electron chi connectivity index (χ2n) is 10.1. The summed E-state index contributed by atoms with van der Waals surface area (Å²) >= 11 is 0. The van der Waals surface area contributed by atoms with Crippen LogP contribution in [0.4, 0.5) is 0 Å². The van der Waals surface area contributed by atoms with Gasteiger partial charge in [0.15, 0.2) is 0 Å². The molecule has 2 aliphatic rings. The highest BCUT2D eigenvalue weighted by Crippen LogP contribution is 2.25. The minimum atomic E-state index is 0.206. The minimum Gasteiger partial charge on any atom is -0.355 e. The minimum absolute atomic E-state index is 0.206. The van der Waals surface area contributed by atoms with Crippen molar-refractivity contribution in [2.75, 3.05) is 19.6 Å². The van der Waals surface area contributed by atoms with Crippen LogP contribution in [0, 0.1) is 12.8 Å². The Kier molecular flexibility index (Phi) is 7.57. The van der Waals surface area contributed by atoms with Gasteiger partial charge in [-0.05, 0) is 48.1 Å². The lowest BCUT2D eigenvalue weighted by Crippen LogP contribution is -2.33. The third-order valence-electron chi connectivity index (χ3n) is 7.61. The standard InChI is InChI=1S/C29H37N5O/c1-22-8-5-6-13-26(22)25-12-7-9-23(20-25)21-33-17-15-28-32-31-27(34(28)19-18-33)14-16-30-29(35)24-10-3-2-4-11-24/h5-9,12-13,20,24H,2-4,10-11,14-19,21H2,1H3,(H,30,35). The summed E-state index contributed by atoms with van der Waals surface area (Å²) in [5, 5.41) is 12.1. The van der Waals surface area contributed by atoms with Crippen molar-refractivity contribution in [2.24, 2.45) is 5.92 Å². The number of hydrogen-bond donors (Lipinski definition) is 1. The Labute approximate surface area is 208 Å². The number of aromatic nitrogens is 3. The van der Waals surface area contributed by atoms with Crippen LogP contribution >= 0.6 is 0 Å². The number of aryl methyl sites for hydroxylation is 1. The van der Waals surface area contributed by atoms with E-state index in [1.807, 2.05) is 0 Å². The molecule has 0 unspecified atom stereocenters. The molecule has 35 heavy (non-hydrogen) atoms. The van der Waals surface area contributed by atoms with Crippen LogP contribution in [0.5, 0.6) is 0 Å². The summed E-state index contributed by atoms with van der Waals surface area (Å²) < 4.78 is 2.27. The fraction of sp³-hybridized carbons (Fsp3) is 0.483. The molecule has 1 N–H and O–H groups in total. The molecule has 0 bridgehead atoms. The lowest BCUT2D eigenvalue weighted by molar-refractivity contribution is -0.125. The third kappa shape index (κ3) is 5.81. The third-order valence-corrected chi connectivity index (χ3v) is 7.61. The van der Waals surface area contributed by atoms with Gasteiger partial charge in [-0.2, -0.15) is 0 Å². The number of fused-ring (bicyclic) bond motifs is 1. The van der Waals surface area contributed by atoms with E-state index in [-0.39, 0.29) is 11.8 Å². The van der Waals surface area contributed by atoms with Gasteiger partial charge < -0.3 is 9.88 Å². The first kappa shape index (κ1) is 23.7. The number of hydrogen-bond acceptors (Lipinski definition) is 4. The molecule has 0 radical (unpaired) electrons. The van der Waals surface area contributed by atoms with E-state index in [4.69, 9.17) is 0 Å². The quantitative estimate of drug-likeness (QED) is 0.549. The van der Waals surface area contributed by atoms with Crippen molar-refractivity contribution < 1.29 is 4.79 Å². The lowest BCUT2D eigenvalue weighted by Gasteiger charge is -2.21. The van der Waals surface area contributed by atoms with Crippen LogP contribution in [0.15, 0.2) is 48.5 Å². The van der Waals surface area contributed by atoms with Crippen LogP contribution in [0.3, 0.4) is 0 Å². The largest absolute Gasteiger partial charge is 0.355 e. The van der Waals surface area contributed by atoms with Gasteiger partial charge in [0.1, 0.15) is 11.6 Å². The van der Waals surface area contributed by atoms with E-state index < -0.39 is 0 Å². The summed E-state index contributed by atoms with van der Waals surface area (Å²) in [6, 6.07) is 17.5. The summed E-state index contributed by atoms with van der Waals surface area (Å²) in [4.78, 5) is 15.0. The average molecular weight is 472 g/mol. The zero-order chi connectivity index (χ0) is 24.0. The van der Waals surface area contributed by atoms with Gasteiger partial charge in [0.05, 0.1) is 0 Å². The molecule has 184 valence electrons. The van der Waals surface area contributed by atoms with E-state index in [9.17, 15) is 4.79 Å². The molecule has 0 saturated heterocycles. The lowest BCUT2D eigenvalue weighted by atomic mass is 9.89. The normalized spacial score (nSPS) is 17.1. The Hall–Kier alpha value is -2.99. The molecule has 0 atom stereocenters. The van der Waals surface area contributed by atoms with Crippen molar-refractivity contribution in [2.45, 2.75) is 65.0 Å². The fourth-order valence-corrected chi connectivity index (χ4v) is 5.57. The maximum atomic E-state index is 12.5. The Morgan fingerprint density at radius 2 is 1.86 bits per heavy atom. The van der Waals surface area contributed by atoms with Crippen molar-refractivity contribution in [3.63, 3.8) is 0 Å². The number of nitrogens with zero attached hydrogens (tertiary/aromatic N) is 4. The molecule has 2 heterocycles. The van der Waals surface area contributed by atoms with Crippen molar-refractivity contribution in [1.29, 1.82) is 0 Å². The number of carbonyl (C=O) groups is 1. The molecule has 0 spiro atoms. The number of amides is 1. The summed E-state index contributed by atoms with van der Waals surface area (Å²) in [7, 11) is 0. The van der Waals surface area contributed by atoms with Crippen LogP contribution < -0.4 is 5.32 Å².